The average molecular weight is 611 g/mol. The van der Waals surface area contributed by atoms with Crippen molar-refractivity contribution >= 4 is 35.0 Å². The summed E-state index contributed by atoms with van der Waals surface area (Å²) in [6.45, 7) is 3.82. The third-order valence-electron chi connectivity index (χ3n) is 6.79. The SMILES string of the molecule is Cc1nsc(N2CC[C@@H](C(=O)N(C)Cc3cc(C(F)(F)F)cc(C(F)(F)F)c3)[C@H](c3ccc(F)cc3C)C2)n1.Cl. The van der Waals surface area contributed by atoms with E-state index in [1.807, 2.05) is 4.90 Å². The Morgan fingerprint density at radius 2 is 1.68 bits per heavy atom. The number of hydrogen-bond donors (Lipinski definition) is 0. The second-order valence-electron chi connectivity index (χ2n) is 9.68. The molecule has 1 aliphatic heterocycles. The minimum atomic E-state index is -4.99. The first kappa shape index (κ1) is 31.6. The van der Waals surface area contributed by atoms with E-state index < -0.39 is 53.6 Å². The van der Waals surface area contributed by atoms with Gasteiger partial charge in [-0.15, -0.1) is 12.4 Å². The predicted octanol–water partition coefficient (Wildman–Crippen LogP) is 7.02. The van der Waals surface area contributed by atoms with Gasteiger partial charge >= 0.3 is 12.4 Å². The highest BCUT2D eigenvalue weighted by Crippen LogP contribution is 2.39. The maximum Gasteiger partial charge on any atom is 0.416 e. The number of hydrogen-bond acceptors (Lipinski definition) is 5. The number of nitrogens with zero attached hydrogens (tertiary/aromatic N) is 4. The van der Waals surface area contributed by atoms with Crippen molar-refractivity contribution < 1.29 is 35.5 Å². The van der Waals surface area contributed by atoms with Crippen molar-refractivity contribution in [1.82, 2.24) is 14.3 Å². The molecule has 1 fully saturated rings. The van der Waals surface area contributed by atoms with Crippen molar-refractivity contribution in [3.05, 3.63) is 75.9 Å². The van der Waals surface area contributed by atoms with Gasteiger partial charge in [0.2, 0.25) is 11.0 Å². The zero-order valence-electron chi connectivity index (χ0n) is 21.6. The minimum Gasteiger partial charge on any atom is -0.346 e. The summed E-state index contributed by atoms with van der Waals surface area (Å²) in [6, 6.07) is 5.57. The molecule has 40 heavy (non-hydrogen) atoms. The number of anilines is 1. The second kappa shape index (κ2) is 11.9. The van der Waals surface area contributed by atoms with Crippen LogP contribution >= 0.6 is 23.9 Å². The Hall–Kier alpha value is -2.93. The Bertz CT molecular complexity index is 1330. The van der Waals surface area contributed by atoms with Gasteiger partial charge in [0.15, 0.2) is 0 Å². The van der Waals surface area contributed by atoms with E-state index in [0.29, 0.717) is 48.2 Å². The fourth-order valence-electron chi connectivity index (χ4n) is 4.95. The fraction of sp³-hybridized carbons (Fsp3) is 0.423. The topological polar surface area (TPSA) is 49.3 Å². The van der Waals surface area contributed by atoms with Crippen molar-refractivity contribution in [3.8, 4) is 0 Å². The molecule has 5 nitrogen and oxygen atoms in total. The van der Waals surface area contributed by atoms with Crippen LogP contribution in [0.1, 0.15) is 46.0 Å². The molecule has 0 aliphatic carbocycles. The molecule has 0 radical (unpaired) electrons. The van der Waals surface area contributed by atoms with Crippen LogP contribution in [0.5, 0.6) is 0 Å². The number of piperidine rings is 1. The summed E-state index contributed by atoms with van der Waals surface area (Å²) in [5.41, 5.74) is -1.80. The van der Waals surface area contributed by atoms with Gasteiger partial charge in [0.1, 0.15) is 11.6 Å². The number of carbonyl (C=O) groups excluding carboxylic acids is 1. The van der Waals surface area contributed by atoms with Gasteiger partial charge in [0.05, 0.1) is 11.1 Å². The molecule has 1 aliphatic rings. The van der Waals surface area contributed by atoms with Crippen molar-refractivity contribution in [2.75, 3.05) is 25.0 Å². The van der Waals surface area contributed by atoms with Crippen LogP contribution in [-0.4, -0.2) is 40.3 Å². The van der Waals surface area contributed by atoms with Crippen molar-refractivity contribution in [2.45, 2.75) is 45.1 Å². The lowest BCUT2D eigenvalue weighted by Gasteiger charge is -2.40. The van der Waals surface area contributed by atoms with Crippen LogP contribution in [0.2, 0.25) is 0 Å². The summed E-state index contributed by atoms with van der Waals surface area (Å²) in [5.74, 6) is -1.33. The fourth-order valence-corrected chi connectivity index (χ4v) is 5.66. The first-order valence-corrected chi connectivity index (χ1v) is 12.8. The van der Waals surface area contributed by atoms with Crippen LogP contribution in [-0.2, 0) is 23.7 Å². The lowest BCUT2D eigenvalue weighted by Crippen LogP contribution is -2.46. The number of rotatable bonds is 5. The first-order chi connectivity index (χ1) is 18.1. The summed E-state index contributed by atoms with van der Waals surface area (Å²) in [6.07, 6.45) is -9.63. The van der Waals surface area contributed by atoms with Crippen LogP contribution in [0.3, 0.4) is 0 Å². The van der Waals surface area contributed by atoms with Crippen molar-refractivity contribution in [3.63, 3.8) is 0 Å². The molecule has 2 atom stereocenters. The molecule has 0 N–H and O–H groups in total. The zero-order valence-corrected chi connectivity index (χ0v) is 23.2. The second-order valence-corrected chi connectivity index (χ2v) is 10.4. The Morgan fingerprint density at radius 3 is 2.20 bits per heavy atom. The molecular weight excluding hydrogens is 585 g/mol. The quantitative estimate of drug-likeness (QED) is 0.291. The third kappa shape index (κ3) is 7.03. The molecule has 14 heteroatoms. The minimum absolute atomic E-state index is 0. The number of aryl methyl sites for hydroxylation is 2. The van der Waals surface area contributed by atoms with Crippen LogP contribution < -0.4 is 4.90 Å². The smallest absolute Gasteiger partial charge is 0.346 e. The first-order valence-electron chi connectivity index (χ1n) is 12.0. The molecule has 218 valence electrons. The molecule has 0 bridgehead atoms. The normalized spacial score (nSPS) is 17.9. The van der Waals surface area contributed by atoms with E-state index in [0.717, 1.165) is 10.5 Å². The molecule has 0 unspecified atom stereocenters. The summed E-state index contributed by atoms with van der Waals surface area (Å²) in [4.78, 5) is 21.2. The summed E-state index contributed by atoms with van der Waals surface area (Å²) in [7, 11) is 1.35. The van der Waals surface area contributed by atoms with Gasteiger partial charge in [0, 0.05) is 50.1 Å². The number of alkyl halides is 6. The number of halogens is 8. The molecule has 1 amide bonds. The van der Waals surface area contributed by atoms with E-state index in [4.69, 9.17) is 0 Å². The van der Waals surface area contributed by atoms with E-state index in [1.165, 1.54) is 30.7 Å². The molecule has 0 spiro atoms. The van der Waals surface area contributed by atoms with Gasteiger partial charge in [-0.05, 0) is 67.3 Å². The van der Waals surface area contributed by atoms with Gasteiger partial charge in [-0.25, -0.2) is 9.37 Å². The average Bonchev–Trinajstić information content (AvgIpc) is 3.28. The van der Waals surface area contributed by atoms with Gasteiger partial charge in [0.25, 0.3) is 0 Å². The summed E-state index contributed by atoms with van der Waals surface area (Å²) >= 11 is 1.21. The maximum absolute atomic E-state index is 13.9. The standard InChI is InChI=1S/C26H25F7N4OS.ClH/c1-14-8-19(27)4-5-20(14)22-13-37(24-34-15(2)35-39-24)7-6-21(22)23(38)36(3)12-16-9-17(25(28,29)30)11-18(10-16)26(31,32)33;/h4-5,8-11,21-22H,6-7,12-13H2,1-3H3;1H/t21-,22+;/m1./s1. The van der Waals surface area contributed by atoms with Crippen molar-refractivity contribution in [1.29, 1.82) is 0 Å². The molecular formula is C26H26ClF7N4OS. The Kier molecular flexibility index (Phi) is 9.40. The molecule has 0 saturated carbocycles. The van der Waals surface area contributed by atoms with E-state index in [1.54, 1.807) is 19.9 Å². The van der Waals surface area contributed by atoms with Gasteiger partial charge in [-0.1, -0.05) is 6.07 Å². The van der Waals surface area contributed by atoms with Gasteiger partial charge < -0.3 is 9.80 Å². The molecule has 3 aromatic rings. The molecule has 2 heterocycles. The number of amides is 1. The summed E-state index contributed by atoms with van der Waals surface area (Å²) < 4.78 is 98.0. The highest BCUT2D eigenvalue weighted by Gasteiger charge is 2.39. The van der Waals surface area contributed by atoms with E-state index >= 15 is 0 Å². The van der Waals surface area contributed by atoms with Crippen LogP contribution in [0.4, 0.5) is 35.9 Å². The van der Waals surface area contributed by atoms with Gasteiger partial charge in [-0.3, -0.25) is 4.79 Å². The number of carbonyl (C=O) groups is 1. The molecule has 2 aromatic carbocycles. The molecule has 1 aromatic heterocycles. The largest absolute Gasteiger partial charge is 0.416 e. The highest BCUT2D eigenvalue weighted by atomic mass is 35.5. The number of aromatic nitrogens is 2. The monoisotopic (exact) mass is 610 g/mol. The van der Waals surface area contributed by atoms with E-state index in [9.17, 15) is 35.5 Å². The lowest BCUT2D eigenvalue weighted by molar-refractivity contribution is -0.143. The van der Waals surface area contributed by atoms with Crippen molar-refractivity contribution in [2.24, 2.45) is 5.92 Å². The zero-order chi connectivity index (χ0) is 28.7. The molecule has 1 saturated heterocycles. The predicted molar refractivity (Wildman–Crippen MR) is 139 cm³/mol. The number of benzene rings is 2. The third-order valence-corrected chi connectivity index (χ3v) is 7.66. The Morgan fingerprint density at radius 1 is 1.05 bits per heavy atom. The van der Waals surface area contributed by atoms with Gasteiger partial charge in [-0.2, -0.15) is 30.7 Å². The summed E-state index contributed by atoms with van der Waals surface area (Å²) in [5, 5.41) is 0.667. The molecule has 4 rings (SSSR count). The van der Waals surface area contributed by atoms with E-state index in [-0.39, 0.29) is 24.0 Å². The maximum atomic E-state index is 13.9. The van der Waals surface area contributed by atoms with Crippen LogP contribution in [0.15, 0.2) is 36.4 Å². The Labute approximate surface area is 236 Å². The Balaban J connectivity index is 0.00000441. The highest BCUT2D eigenvalue weighted by molar-refractivity contribution is 7.09. The van der Waals surface area contributed by atoms with Crippen LogP contribution in [0, 0.1) is 25.6 Å². The lowest BCUT2D eigenvalue weighted by atomic mass is 9.78. The van der Waals surface area contributed by atoms with Crippen LogP contribution in [0.25, 0.3) is 0 Å². The van der Waals surface area contributed by atoms with E-state index in [2.05, 4.69) is 9.36 Å².